The van der Waals surface area contributed by atoms with Crippen LogP contribution in [0, 0.1) is 0 Å². The van der Waals surface area contributed by atoms with Gasteiger partial charge < -0.3 is 14.8 Å². The first-order valence-electron chi connectivity index (χ1n) is 7.86. The lowest BCUT2D eigenvalue weighted by Gasteiger charge is -2.30. The van der Waals surface area contributed by atoms with Gasteiger partial charge in [0, 0.05) is 13.3 Å². The van der Waals surface area contributed by atoms with Gasteiger partial charge in [0.15, 0.2) is 0 Å². The molecule has 6 nitrogen and oxygen atoms in total. The summed E-state index contributed by atoms with van der Waals surface area (Å²) in [6, 6.07) is 4.12. The predicted molar refractivity (Wildman–Crippen MR) is 85.0 cm³/mol. The molecule has 1 rings (SSSR count). The highest BCUT2D eigenvalue weighted by molar-refractivity contribution is 6.08. The fraction of sp³-hybridized carbons (Fsp3) is 0.471. The molecule has 0 aliphatic rings. The Morgan fingerprint density at radius 3 is 2.00 bits per heavy atom. The van der Waals surface area contributed by atoms with Crippen LogP contribution in [0.4, 0.5) is 13.2 Å². The normalized spacial score (nSPS) is 11.6. The van der Waals surface area contributed by atoms with Gasteiger partial charge in [0.05, 0.1) is 18.8 Å². The maximum Gasteiger partial charge on any atom is 0.416 e. The van der Waals surface area contributed by atoms with Crippen molar-refractivity contribution in [2.24, 2.45) is 0 Å². The van der Waals surface area contributed by atoms with E-state index >= 15 is 0 Å². The summed E-state index contributed by atoms with van der Waals surface area (Å²) >= 11 is 0. The highest BCUT2D eigenvalue weighted by Gasteiger charge is 2.50. The van der Waals surface area contributed by atoms with Gasteiger partial charge in [0.1, 0.15) is 0 Å². The maximum absolute atomic E-state index is 12.9. The number of halogens is 3. The number of amides is 1. The number of hydrogen-bond acceptors (Lipinski definition) is 5. The Bertz CT molecular complexity index is 655. The Morgan fingerprint density at radius 1 is 1.04 bits per heavy atom. The number of ether oxygens (including phenoxy) is 2. The van der Waals surface area contributed by atoms with Crippen molar-refractivity contribution < 1.29 is 37.0 Å². The summed E-state index contributed by atoms with van der Waals surface area (Å²) in [5.74, 6) is -2.95. The second-order valence-electron chi connectivity index (χ2n) is 5.40. The second-order valence-corrected chi connectivity index (χ2v) is 5.40. The minimum Gasteiger partial charge on any atom is -0.464 e. The molecule has 144 valence electrons. The number of esters is 2. The molecule has 0 spiro atoms. The number of alkyl halides is 3. The predicted octanol–water partition coefficient (Wildman–Crippen LogP) is 2.25. The van der Waals surface area contributed by atoms with Crippen molar-refractivity contribution in [3.8, 4) is 0 Å². The van der Waals surface area contributed by atoms with Crippen LogP contribution in [0.15, 0.2) is 24.3 Å². The summed E-state index contributed by atoms with van der Waals surface area (Å²) < 4.78 is 48.5. The van der Waals surface area contributed by atoms with Crippen LogP contribution in [0.5, 0.6) is 0 Å². The topological polar surface area (TPSA) is 81.7 Å². The molecule has 1 aromatic rings. The monoisotopic (exact) mass is 375 g/mol. The summed E-state index contributed by atoms with van der Waals surface area (Å²) in [5, 5.41) is 2.20. The summed E-state index contributed by atoms with van der Waals surface area (Å²) in [6.45, 7) is 3.86. The van der Waals surface area contributed by atoms with Crippen molar-refractivity contribution in [1.29, 1.82) is 0 Å². The van der Waals surface area contributed by atoms with Crippen LogP contribution >= 0.6 is 0 Å². The number of rotatable bonds is 7. The molecular weight excluding hydrogens is 355 g/mol. The van der Waals surface area contributed by atoms with Crippen LogP contribution in [0.1, 0.15) is 31.9 Å². The molecule has 0 bridgehead atoms. The van der Waals surface area contributed by atoms with Gasteiger partial charge >= 0.3 is 18.1 Å². The van der Waals surface area contributed by atoms with Crippen LogP contribution in [-0.2, 0) is 36.5 Å². The summed E-state index contributed by atoms with van der Waals surface area (Å²) in [5.41, 5.74) is -3.21. The molecule has 1 amide bonds. The summed E-state index contributed by atoms with van der Waals surface area (Å²) in [6.07, 6.45) is -5.14. The number of carbonyl (C=O) groups is 3. The van der Waals surface area contributed by atoms with Gasteiger partial charge in [-0.2, -0.15) is 13.2 Å². The largest absolute Gasteiger partial charge is 0.464 e. The third kappa shape index (κ3) is 5.21. The second kappa shape index (κ2) is 8.68. The van der Waals surface area contributed by atoms with Gasteiger partial charge in [-0.3, -0.25) is 4.79 Å². The van der Waals surface area contributed by atoms with E-state index in [1.54, 1.807) is 0 Å². The number of hydrogen-bond donors (Lipinski definition) is 1. The van der Waals surface area contributed by atoms with E-state index in [2.05, 4.69) is 5.32 Å². The van der Waals surface area contributed by atoms with Crippen LogP contribution in [0.25, 0.3) is 0 Å². The van der Waals surface area contributed by atoms with E-state index < -0.39 is 41.5 Å². The minimum absolute atomic E-state index is 0.00896. The number of carbonyl (C=O) groups excluding carboxylic acids is 3. The van der Waals surface area contributed by atoms with Crippen LogP contribution in [0.2, 0.25) is 0 Å². The Balaban J connectivity index is 3.41. The first kappa shape index (κ1) is 21.5. The molecule has 0 aromatic heterocycles. The molecule has 26 heavy (non-hydrogen) atoms. The van der Waals surface area contributed by atoms with Gasteiger partial charge in [-0.05, 0) is 25.5 Å². The fourth-order valence-corrected chi connectivity index (χ4v) is 2.35. The molecule has 0 fully saturated rings. The van der Waals surface area contributed by atoms with Gasteiger partial charge in [0.25, 0.3) is 0 Å². The van der Waals surface area contributed by atoms with E-state index in [0.29, 0.717) is 0 Å². The lowest BCUT2D eigenvalue weighted by Crippen LogP contribution is -2.62. The molecule has 0 aliphatic heterocycles. The van der Waals surface area contributed by atoms with E-state index in [-0.39, 0.29) is 18.8 Å². The molecule has 0 heterocycles. The Morgan fingerprint density at radius 2 is 1.58 bits per heavy atom. The molecule has 1 aromatic carbocycles. The molecule has 0 saturated carbocycles. The van der Waals surface area contributed by atoms with Crippen molar-refractivity contribution in [2.75, 3.05) is 13.2 Å². The maximum atomic E-state index is 12.9. The summed E-state index contributed by atoms with van der Waals surface area (Å²) in [7, 11) is 0. The average molecular weight is 375 g/mol. The Labute approximate surface area is 148 Å². The van der Waals surface area contributed by atoms with Gasteiger partial charge in [-0.15, -0.1) is 0 Å². The smallest absolute Gasteiger partial charge is 0.416 e. The molecule has 0 aliphatic carbocycles. The molecule has 0 radical (unpaired) electrons. The minimum atomic E-state index is -4.60. The zero-order valence-corrected chi connectivity index (χ0v) is 14.6. The molecule has 0 unspecified atom stereocenters. The quantitative estimate of drug-likeness (QED) is 0.584. The fourth-order valence-electron chi connectivity index (χ4n) is 2.35. The lowest BCUT2D eigenvalue weighted by atomic mass is 9.89. The van der Waals surface area contributed by atoms with E-state index in [9.17, 15) is 27.6 Å². The highest BCUT2D eigenvalue weighted by atomic mass is 19.4. The van der Waals surface area contributed by atoms with Crippen molar-refractivity contribution in [1.82, 2.24) is 5.32 Å². The zero-order chi connectivity index (χ0) is 20.0. The Kier molecular flexibility index (Phi) is 7.17. The zero-order valence-electron chi connectivity index (χ0n) is 14.6. The molecular formula is C17H20F3NO5. The van der Waals surface area contributed by atoms with Crippen LogP contribution in [-0.4, -0.2) is 36.6 Å². The van der Waals surface area contributed by atoms with Crippen LogP contribution < -0.4 is 5.32 Å². The van der Waals surface area contributed by atoms with Crippen molar-refractivity contribution in [3.63, 3.8) is 0 Å². The number of nitrogens with one attached hydrogen (secondary N) is 1. The van der Waals surface area contributed by atoms with Crippen LogP contribution in [0.3, 0.4) is 0 Å². The highest BCUT2D eigenvalue weighted by Crippen LogP contribution is 2.30. The first-order chi connectivity index (χ1) is 12.1. The van der Waals surface area contributed by atoms with E-state index in [1.807, 2.05) is 0 Å². The van der Waals surface area contributed by atoms with Crippen molar-refractivity contribution in [3.05, 3.63) is 35.4 Å². The van der Waals surface area contributed by atoms with Gasteiger partial charge in [-0.25, -0.2) is 9.59 Å². The average Bonchev–Trinajstić information content (AvgIpc) is 2.53. The van der Waals surface area contributed by atoms with Crippen molar-refractivity contribution in [2.45, 2.75) is 38.9 Å². The summed E-state index contributed by atoms with van der Waals surface area (Å²) in [4.78, 5) is 36.5. The molecule has 0 saturated heterocycles. The third-order valence-corrected chi connectivity index (χ3v) is 3.36. The standard InChI is InChI=1S/C17H20F3NO5/c1-4-25-14(23)16(21-11(3)22,15(24)26-5-2)10-12-7-6-8-13(9-12)17(18,19)20/h6-9H,4-5,10H2,1-3H3,(H,21,22). The van der Waals surface area contributed by atoms with Gasteiger partial charge in [0.2, 0.25) is 11.4 Å². The molecule has 0 atom stereocenters. The van der Waals surface area contributed by atoms with Crippen molar-refractivity contribution >= 4 is 17.8 Å². The van der Waals surface area contributed by atoms with E-state index in [0.717, 1.165) is 25.1 Å². The number of benzene rings is 1. The molecule has 9 heteroatoms. The van der Waals surface area contributed by atoms with E-state index in [1.165, 1.54) is 19.9 Å². The molecule has 1 N–H and O–H groups in total. The Hall–Kier alpha value is -2.58. The first-order valence-corrected chi connectivity index (χ1v) is 7.86. The third-order valence-electron chi connectivity index (χ3n) is 3.36. The SMILES string of the molecule is CCOC(=O)C(Cc1cccc(C(F)(F)F)c1)(NC(C)=O)C(=O)OCC. The lowest BCUT2D eigenvalue weighted by molar-refractivity contribution is -0.168. The van der Waals surface area contributed by atoms with Gasteiger partial charge in [-0.1, -0.05) is 18.2 Å². The van der Waals surface area contributed by atoms with E-state index in [4.69, 9.17) is 9.47 Å².